The van der Waals surface area contributed by atoms with Crippen LogP contribution in [0.3, 0.4) is 0 Å². The van der Waals surface area contributed by atoms with Crippen molar-refractivity contribution in [2.24, 2.45) is 0 Å². The van der Waals surface area contributed by atoms with Crippen LogP contribution in [0.15, 0.2) is 42.6 Å². The lowest BCUT2D eigenvalue weighted by atomic mass is 10.1. The van der Waals surface area contributed by atoms with Crippen LogP contribution in [0.2, 0.25) is 0 Å². The van der Waals surface area contributed by atoms with Crippen LogP contribution in [-0.2, 0) is 11.2 Å². The van der Waals surface area contributed by atoms with Crippen molar-refractivity contribution >= 4 is 22.9 Å². The van der Waals surface area contributed by atoms with E-state index >= 15 is 0 Å². The van der Waals surface area contributed by atoms with Crippen molar-refractivity contribution in [2.45, 2.75) is 26.7 Å². The summed E-state index contributed by atoms with van der Waals surface area (Å²) >= 11 is 0. The van der Waals surface area contributed by atoms with Gasteiger partial charge < -0.3 is 9.72 Å². The Bertz CT molecular complexity index is 962. The summed E-state index contributed by atoms with van der Waals surface area (Å²) in [7, 11) is 0. The van der Waals surface area contributed by atoms with E-state index in [0.29, 0.717) is 17.7 Å². The molecule has 128 valence electrons. The van der Waals surface area contributed by atoms with Crippen LogP contribution in [0.5, 0.6) is 0 Å². The van der Waals surface area contributed by atoms with Gasteiger partial charge in [0.1, 0.15) is 5.65 Å². The average Bonchev–Trinajstić information content (AvgIpc) is 2.90. The molecule has 0 aliphatic heterocycles. The van der Waals surface area contributed by atoms with Crippen molar-refractivity contribution in [3.05, 3.63) is 69.7 Å². The number of carbonyl (C=O) groups excluding carboxylic acids is 1. The van der Waals surface area contributed by atoms with E-state index < -0.39 is 4.92 Å². The van der Waals surface area contributed by atoms with E-state index in [2.05, 4.69) is 10.3 Å². The highest BCUT2D eigenvalue weighted by atomic mass is 16.6. The zero-order valence-corrected chi connectivity index (χ0v) is 14.0. The molecule has 0 aliphatic rings. The van der Waals surface area contributed by atoms with Gasteiger partial charge in [-0.25, -0.2) is 4.98 Å². The van der Waals surface area contributed by atoms with Crippen molar-refractivity contribution in [3.8, 4) is 0 Å². The Balaban J connectivity index is 1.72. The van der Waals surface area contributed by atoms with E-state index in [1.807, 2.05) is 35.7 Å². The number of nitro benzene ring substituents is 1. The molecule has 3 rings (SSSR count). The van der Waals surface area contributed by atoms with Crippen LogP contribution in [0.4, 0.5) is 11.4 Å². The molecule has 7 nitrogen and oxygen atoms in total. The van der Waals surface area contributed by atoms with Gasteiger partial charge in [-0.3, -0.25) is 14.9 Å². The topological polar surface area (TPSA) is 89.5 Å². The third kappa shape index (κ3) is 3.35. The van der Waals surface area contributed by atoms with Crippen molar-refractivity contribution in [1.82, 2.24) is 9.38 Å². The molecular weight excluding hydrogens is 320 g/mol. The molecule has 2 aromatic heterocycles. The summed E-state index contributed by atoms with van der Waals surface area (Å²) in [6.45, 7) is 3.55. The Morgan fingerprint density at radius 3 is 2.80 bits per heavy atom. The molecule has 0 bridgehead atoms. The molecule has 2 heterocycles. The monoisotopic (exact) mass is 338 g/mol. The van der Waals surface area contributed by atoms with E-state index in [1.54, 1.807) is 19.1 Å². The number of rotatable bonds is 5. The van der Waals surface area contributed by atoms with Gasteiger partial charge in [-0.2, -0.15) is 0 Å². The molecule has 25 heavy (non-hydrogen) atoms. The van der Waals surface area contributed by atoms with Crippen LogP contribution < -0.4 is 5.32 Å². The number of hydrogen-bond donors (Lipinski definition) is 1. The number of nitro groups is 1. The third-order valence-electron chi connectivity index (χ3n) is 4.19. The number of nitrogens with one attached hydrogen (secondary N) is 1. The molecule has 1 amide bonds. The fraction of sp³-hybridized carbons (Fsp3) is 0.222. The first-order chi connectivity index (χ1) is 12.0. The van der Waals surface area contributed by atoms with Crippen LogP contribution in [0, 0.1) is 24.0 Å². The normalized spacial score (nSPS) is 10.8. The second-order valence-electron chi connectivity index (χ2n) is 5.83. The minimum Gasteiger partial charge on any atom is -0.326 e. The molecule has 0 radical (unpaired) electrons. The van der Waals surface area contributed by atoms with E-state index in [-0.39, 0.29) is 18.0 Å². The zero-order chi connectivity index (χ0) is 18.0. The van der Waals surface area contributed by atoms with Gasteiger partial charge >= 0.3 is 0 Å². The molecule has 1 N–H and O–H groups in total. The maximum atomic E-state index is 12.3. The maximum absolute atomic E-state index is 12.3. The standard InChI is InChI=1S/C18H18N4O3/c1-12-14(6-5-7-15(12)22(24)25)20-18(23)10-9-16-13(2)19-17-8-3-4-11-21(16)17/h3-8,11H,9-10H2,1-2H3,(H,20,23). The third-order valence-corrected chi connectivity index (χ3v) is 4.19. The van der Waals surface area contributed by atoms with Gasteiger partial charge in [0, 0.05) is 24.4 Å². The number of hydrogen-bond acceptors (Lipinski definition) is 4. The van der Waals surface area contributed by atoms with Crippen molar-refractivity contribution in [2.75, 3.05) is 5.32 Å². The van der Waals surface area contributed by atoms with Crippen LogP contribution in [0.25, 0.3) is 5.65 Å². The number of anilines is 1. The summed E-state index contributed by atoms with van der Waals surface area (Å²) in [5, 5.41) is 13.7. The average molecular weight is 338 g/mol. The minimum absolute atomic E-state index is 0.00423. The summed E-state index contributed by atoms with van der Waals surface area (Å²) in [5.74, 6) is -0.186. The molecule has 1 aromatic carbocycles. The van der Waals surface area contributed by atoms with Crippen molar-refractivity contribution in [1.29, 1.82) is 0 Å². The number of pyridine rings is 1. The first-order valence-corrected chi connectivity index (χ1v) is 7.94. The molecule has 0 spiro atoms. The van der Waals surface area contributed by atoms with Crippen molar-refractivity contribution in [3.63, 3.8) is 0 Å². The Morgan fingerprint density at radius 1 is 1.24 bits per heavy atom. The lowest BCUT2D eigenvalue weighted by Gasteiger charge is -2.09. The predicted octanol–water partition coefficient (Wildman–Crippen LogP) is 3.43. The molecule has 0 saturated carbocycles. The van der Waals surface area contributed by atoms with E-state index in [9.17, 15) is 14.9 Å². The lowest BCUT2D eigenvalue weighted by Crippen LogP contribution is -2.14. The maximum Gasteiger partial charge on any atom is 0.274 e. The second kappa shape index (κ2) is 6.72. The van der Waals surface area contributed by atoms with Gasteiger partial charge in [-0.05, 0) is 38.5 Å². The number of nitrogens with zero attached hydrogens (tertiary/aromatic N) is 3. The molecule has 0 aliphatic carbocycles. The highest BCUT2D eigenvalue weighted by Crippen LogP contribution is 2.25. The number of aromatic nitrogens is 2. The molecular formula is C18H18N4O3. The lowest BCUT2D eigenvalue weighted by molar-refractivity contribution is -0.385. The number of benzene rings is 1. The summed E-state index contributed by atoms with van der Waals surface area (Å²) in [4.78, 5) is 27.3. The first kappa shape index (κ1) is 16.6. The number of carbonyl (C=O) groups is 1. The molecule has 0 fully saturated rings. The fourth-order valence-corrected chi connectivity index (χ4v) is 2.87. The van der Waals surface area contributed by atoms with E-state index in [0.717, 1.165) is 17.0 Å². The second-order valence-corrected chi connectivity index (χ2v) is 5.83. The molecule has 0 atom stereocenters. The summed E-state index contributed by atoms with van der Waals surface area (Å²) in [6.07, 6.45) is 2.73. The van der Waals surface area contributed by atoms with Gasteiger partial charge in [0.25, 0.3) is 5.69 Å². The number of imidazole rings is 1. The van der Waals surface area contributed by atoms with Crippen LogP contribution in [-0.4, -0.2) is 20.2 Å². The van der Waals surface area contributed by atoms with Crippen molar-refractivity contribution < 1.29 is 9.72 Å². The molecule has 0 saturated heterocycles. The fourth-order valence-electron chi connectivity index (χ4n) is 2.87. The zero-order valence-electron chi connectivity index (χ0n) is 14.0. The molecule has 7 heteroatoms. The minimum atomic E-state index is -0.452. The summed E-state index contributed by atoms with van der Waals surface area (Å²) in [6, 6.07) is 10.4. The van der Waals surface area contributed by atoms with Gasteiger partial charge in [-0.15, -0.1) is 0 Å². The quantitative estimate of drug-likeness (QED) is 0.570. The summed E-state index contributed by atoms with van der Waals surface area (Å²) in [5.41, 5.74) is 3.65. The Hall–Kier alpha value is -3.22. The number of amides is 1. The Labute approximate surface area is 144 Å². The summed E-state index contributed by atoms with van der Waals surface area (Å²) < 4.78 is 1.97. The van der Waals surface area contributed by atoms with E-state index in [1.165, 1.54) is 6.07 Å². The van der Waals surface area contributed by atoms with Gasteiger partial charge in [0.15, 0.2) is 0 Å². The van der Waals surface area contributed by atoms with E-state index in [4.69, 9.17) is 0 Å². The number of fused-ring (bicyclic) bond motifs is 1. The van der Waals surface area contributed by atoms with Crippen LogP contribution in [0.1, 0.15) is 23.4 Å². The van der Waals surface area contributed by atoms with Gasteiger partial charge in [0.05, 0.1) is 21.9 Å². The Kier molecular flexibility index (Phi) is 4.47. The Morgan fingerprint density at radius 2 is 2.04 bits per heavy atom. The highest BCUT2D eigenvalue weighted by Gasteiger charge is 2.15. The first-order valence-electron chi connectivity index (χ1n) is 7.94. The SMILES string of the molecule is Cc1nc2ccccn2c1CCC(=O)Nc1cccc([N+](=O)[O-])c1C. The van der Waals surface area contributed by atoms with Gasteiger partial charge in [-0.1, -0.05) is 12.1 Å². The molecule has 0 unspecified atom stereocenters. The smallest absolute Gasteiger partial charge is 0.274 e. The van der Waals surface area contributed by atoms with Crippen LogP contribution >= 0.6 is 0 Å². The van der Waals surface area contributed by atoms with Gasteiger partial charge in [0.2, 0.25) is 5.91 Å². The largest absolute Gasteiger partial charge is 0.326 e. The predicted molar refractivity (Wildman–Crippen MR) is 94.7 cm³/mol. The number of aryl methyl sites for hydroxylation is 2. The molecule has 3 aromatic rings. The highest BCUT2D eigenvalue weighted by molar-refractivity contribution is 5.92.